The summed E-state index contributed by atoms with van der Waals surface area (Å²) in [6.45, 7) is 2.24. The van der Waals surface area contributed by atoms with Crippen LogP contribution in [-0.4, -0.2) is 53.2 Å². The van der Waals surface area contributed by atoms with Crippen LogP contribution in [0.5, 0.6) is 0 Å². The number of benzene rings is 1. The Morgan fingerprint density at radius 2 is 2.04 bits per heavy atom. The number of likely N-dealkylation sites (tertiary alicyclic amines) is 1. The Bertz CT molecular complexity index is 686. The van der Waals surface area contributed by atoms with Gasteiger partial charge in [0.2, 0.25) is 5.91 Å². The van der Waals surface area contributed by atoms with Gasteiger partial charge in [0.05, 0.1) is 13.2 Å². The average Bonchev–Trinajstić information content (AvgIpc) is 2.99. The van der Waals surface area contributed by atoms with Crippen LogP contribution < -0.4 is 11.1 Å². The van der Waals surface area contributed by atoms with Crippen LogP contribution in [0.25, 0.3) is 6.08 Å². The Labute approximate surface area is 145 Å². The highest BCUT2D eigenvalue weighted by Crippen LogP contribution is 2.21. The lowest BCUT2D eigenvalue weighted by atomic mass is 9.99. The topological polar surface area (TPSA) is 122 Å². The first-order chi connectivity index (χ1) is 11.8. The van der Waals surface area contributed by atoms with E-state index in [0.717, 1.165) is 10.5 Å². The molecule has 0 bridgehead atoms. The van der Waals surface area contributed by atoms with Crippen LogP contribution in [0.1, 0.15) is 18.9 Å². The monoisotopic (exact) mass is 347 g/mol. The third kappa shape index (κ3) is 4.80. The van der Waals surface area contributed by atoms with E-state index in [4.69, 9.17) is 15.6 Å². The molecule has 1 saturated heterocycles. The molecular weight excluding hydrogens is 326 g/mol. The Balaban J connectivity index is 1.96. The number of hydrogen-bond acceptors (Lipinski definition) is 5. The Hall–Kier alpha value is -2.87. The van der Waals surface area contributed by atoms with Gasteiger partial charge in [0, 0.05) is 18.3 Å². The molecule has 2 amide bonds. The molecule has 8 nitrogen and oxygen atoms in total. The summed E-state index contributed by atoms with van der Waals surface area (Å²) in [5, 5.41) is 11.7. The third-order valence-electron chi connectivity index (χ3n) is 3.89. The molecule has 1 aliphatic heterocycles. The van der Waals surface area contributed by atoms with Crippen molar-refractivity contribution in [1.29, 1.82) is 0 Å². The van der Waals surface area contributed by atoms with Crippen molar-refractivity contribution in [1.82, 2.24) is 4.90 Å². The minimum Gasteiger partial charge on any atom is -0.465 e. The number of ether oxygens (including phenoxy) is 1. The second-order valence-electron chi connectivity index (χ2n) is 5.77. The van der Waals surface area contributed by atoms with Crippen molar-refractivity contribution >= 4 is 29.7 Å². The van der Waals surface area contributed by atoms with Gasteiger partial charge in [-0.1, -0.05) is 12.1 Å². The van der Waals surface area contributed by atoms with E-state index in [0.29, 0.717) is 12.3 Å². The van der Waals surface area contributed by atoms with E-state index in [9.17, 15) is 14.4 Å². The fraction of sp³-hybridized carbons (Fsp3) is 0.353. The molecule has 2 rings (SSSR count). The standard InChI is InChI=1S/C17H21N3O5/c1-2-25-14(21)8-5-12-3-6-13(7-4-12)19-15(22)17(18)9-10-20(11-17)16(23)24/h3-8H,2,9-11,18H2,1H3,(H,19,22)(H,23,24)/b8-5+/t17-/m0/s1. The molecule has 1 aliphatic rings. The Morgan fingerprint density at radius 3 is 2.60 bits per heavy atom. The first kappa shape index (κ1) is 18.5. The minimum atomic E-state index is -1.24. The zero-order valence-corrected chi connectivity index (χ0v) is 13.9. The lowest BCUT2D eigenvalue weighted by Gasteiger charge is -2.22. The molecular formula is C17H21N3O5. The maximum Gasteiger partial charge on any atom is 0.407 e. The van der Waals surface area contributed by atoms with Gasteiger partial charge in [-0.2, -0.15) is 0 Å². The Morgan fingerprint density at radius 1 is 1.36 bits per heavy atom. The molecule has 0 spiro atoms. The summed E-state index contributed by atoms with van der Waals surface area (Å²) >= 11 is 0. The number of nitrogens with zero attached hydrogens (tertiary/aromatic N) is 1. The van der Waals surface area contributed by atoms with Crippen LogP contribution in [0.15, 0.2) is 30.3 Å². The first-order valence-corrected chi connectivity index (χ1v) is 7.87. The molecule has 1 heterocycles. The summed E-state index contributed by atoms with van der Waals surface area (Å²) in [5.41, 5.74) is 6.11. The smallest absolute Gasteiger partial charge is 0.407 e. The average molecular weight is 347 g/mol. The lowest BCUT2D eigenvalue weighted by Crippen LogP contribution is -2.53. The number of hydrogen-bond donors (Lipinski definition) is 3. The van der Waals surface area contributed by atoms with Crippen molar-refractivity contribution in [2.75, 3.05) is 25.0 Å². The van der Waals surface area contributed by atoms with Gasteiger partial charge in [-0.15, -0.1) is 0 Å². The Kier molecular flexibility index (Phi) is 5.76. The lowest BCUT2D eigenvalue weighted by molar-refractivity contribution is -0.137. The molecule has 0 unspecified atom stereocenters. The van der Waals surface area contributed by atoms with E-state index < -0.39 is 23.5 Å². The molecule has 0 aliphatic carbocycles. The molecule has 25 heavy (non-hydrogen) atoms. The predicted molar refractivity (Wildman–Crippen MR) is 91.9 cm³/mol. The number of carboxylic acid groups (broad SMARTS) is 1. The molecule has 1 atom stereocenters. The normalized spacial score (nSPS) is 19.8. The third-order valence-corrected chi connectivity index (χ3v) is 3.89. The second kappa shape index (κ2) is 7.80. The van der Waals surface area contributed by atoms with Crippen molar-refractivity contribution < 1.29 is 24.2 Å². The quantitative estimate of drug-likeness (QED) is 0.545. The number of amides is 2. The maximum absolute atomic E-state index is 12.3. The molecule has 134 valence electrons. The molecule has 0 radical (unpaired) electrons. The van der Waals surface area contributed by atoms with E-state index >= 15 is 0 Å². The summed E-state index contributed by atoms with van der Waals surface area (Å²) in [6, 6.07) is 6.81. The number of anilines is 1. The fourth-order valence-electron chi connectivity index (χ4n) is 2.47. The van der Waals surface area contributed by atoms with Crippen LogP contribution in [0.3, 0.4) is 0 Å². The van der Waals surface area contributed by atoms with E-state index in [1.54, 1.807) is 37.3 Å². The number of carbonyl (C=O) groups excluding carboxylic acids is 2. The largest absolute Gasteiger partial charge is 0.465 e. The summed E-state index contributed by atoms with van der Waals surface area (Å²) in [6.07, 6.45) is 2.12. The summed E-state index contributed by atoms with van der Waals surface area (Å²) in [5.74, 6) is -0.847. The van der Waals surface area contributed by atoms with E-state index in [-0.39, 0.29) is 19.5 Å². The summed E-state index contributed by atoms with van der Waals surface area (Å²) < 4.78 is 4.79. The van der Waals surface area contributed by atoms with E-state index in [1.807, 2.05) is 0 Å². The second-order valence-corrected chi connectivity index (χ2v) is 5.77. The fourth-order valence-corrected chi connectivity index (χ4v) is 2.47. The molecule has 0 saturated carbocycles. The van der Waals surface area contributed by atoms with Crippen molar-refractivity contribution in [3.63, 3.8) is 0 Å². The van der Waals surface area contributed by atoms with Gasteiger partial charge >= 0.3 is 12.1 Å². The van der Waals surface area contributed by atoms with Crippen LogP contribution >= 0.6 is 0 Å². The summed E-state index contributed by atoms with van der Waals surface area (Å²) in [4.78, 5) is 35.7. The van der Waals surface area contributed by atoms with Gasteiger partial charge in [0.15, 0.2) is 0 Å². The van der Waals surface area contributed by atoms with Crippen LogP contribution in [0, 0.1) is 0 Å². The molecule has 1 fully saturated rings. The summed E-state index contributed by atoms with van der Waals surface area (Å²) in [7, 11) is 0. The van der Waals surface area contributed by atoms with Gasteiger partial charge in [-0.25, -0.2) is 9.59 Å². The van der Waals surface area contributed by atoms with Crippen molar-refractivity contribution in [2.24, 2.45) is 5.73 Å². The predicted octanol–water partition coefficient (Wildman–Crippen LogP) is 1.28. The van der Waals surface area contributed by atoms with Gasteiger partial charge in [0.1, 0.15) is 5.54 Å². The molecule has 4 N–H and O–H groups in total. The van der Waals surface area contributed by atoms with Gasteiger partial charge < -0.3 is 25.8 Å². The zero-order valence-electron chi connectivity index (χ0n) is 13.9. The zero-order chi connectivity index (χ0) is 18.4. The number of rotatable bonds is 5. The minimum absolute atomic E-state index is 0.0332. The van der Waals surface area contributed by atoms with Gasteiger partial charge in [0.25, 0.3) is 0 Å². The van der Waals surface area contributed by atoms with Crippen molar-refractivity contribution in [3.05, 3.63) is 35.9 Å². The van der Waals surface area contributed by atoms with Crippen molar-refractivity contribution in [3.8, 4) is 0 Å². The van der Waals surface area contributed by atoms with Crippen molar-refractivity contribution in [2.45, 2.75) is 18.9 Å². The van der Waals surface area contributed by atoms with Crippen LogP contribution in [0.2, 0.25) is 0 Å². The van der Waals surface area contributed by atoms with Gasteiger partial charge in [-0.3, -0.25) is 4.79 Å². The molecule has 8 heteroatoms. The first-order valence-electron chi connectivity index (χ1n) is 7.87. The molecule has 1 aromatic carbocycles. The van der Waals surface area contributed by atoms with E-state index in [2.05, 4.69) is 5.32 Å². The highest BCUT2D eigenvalue weighted by atomic mass is 16.5. The van der Waals surface area contributed by atoms with Crippen LogP contribution in [0.4, 0.5) is 10.5 Å². The molecule has 0 aromatic heterocycles. The van der Waals surface area contributed by atoms with E-state index in [1.165, 1.54) is 6.08 Å². The number of nitrogens with one attached hydrogen (secondary N) is 1. The molecule has 1 aromatic rings. The highest BCUT2D eigenvalue weighted by molar-refractivity contribution is 5.99. The number of carbonyl (C=O) groups is 3. The SMILES string of the molecule is CCOC(=O)/C=C/c1ccc(NC(=O)[C@]2(N)CCN(C(=O)O)C2)cc1. The number of esters is 1. The van der Waals surface area contributed by atoms with Gasteiger partial charge in [-0.05, 0) is 37.1 Å². The highest BCUT2D eigenvalue weighted by Gasteiger charge is 2.42. The van der Waals surface area contributed by atoms with Crippen LogP contribution in [-0.2, 0) is 14.3 Å². The number of nitrogens with two attached hydrogens (primary N) is 1. The maximum atomic E-state index is 12.3.